The van der Waals surface area contributed by atoms with Crippen LogP contribution in [0, 0.1) is 5.92 Å². The molecule has 1 aromatic carbocycles. The third kappa shape index (κ3) is 4.18. The van der Waals surface area contributed by atoms with Gasteiger partial charge in [0.15, 0.2) is 0 Å². The van der Waals surface area contributed by atoms with Crippen molar-refractivity contribution in [3.05, 3.63) is 28.2 Å². The van der Waals surface area contributed by atoms with Gasteiger partial charge in [-0.15, -0.1) is 0 Å². The zero-order valence-corrected chi connectivity index (χ0v) is 14.3. The number of thiocarbonyl (C=S) groups is 1. The van der Waals surface area contributed by atoms with Crippen LogP contribution in [0.15, 0.2) is 22.7 Å². The summed E-state index contributed by atoms with van der Waals surface area (Å²) in [4.78, 5) is 14.7. The Kier molecular flexibility index (Phi) is 6.42. The van der Waals surface area contributed by atoms with Crippen molar-refractivity contribution in [3.8, 4) is 5.75 Å². The first-order chi connectivity index (χ1) is 9.40. The van der Waals surface area contributed by atoms with Gasteiger partial charge < -0.3 is 15.4 Å². The van der Waals surface area contributed by atoms with Crippen molar-refractivity contribution in [1.29, 1.82) is 0 Å². The van der Waals surface area contributed by atoms with E-state index in [1.807, 2.05) is 19.9 Å². The van der Waals surface area contributed by atoms with Gasteiger partial charge in [0.05, 0.1) is 17.7 Å². The molecule has 0 saturated carbocycles. The van der Waals surface area contributed by atoms with E-state index in [0.717, 1.165) is 4.47 Å². The number of amides is 1. The maximum Gasteiger partial charge on any atom is 0.257 e. The normalized spacial score (nSPS) is 11.8. The Balaban J connectivity index is 2.99. The van der Waals surface area contributed by atoms with E-state index in [1.165, 1.54) is 0 Å². The minimum absolute atomic E-state index is 0.0182. The Morgan fingerprint density at radius 2 is 2.20 bits per heavy atom. The molecular weight excluding hydrogens is 340 g/mol. The summed E-state index contributed by atoms with van der Waals surface area (Å²) in [5, 5.41) is 0. The van der Waals surface area contributed by atoms with Crippen LogP contribution >= 0.6 is 28.1 Å². The van der Waals surface area contributed by atoms with E-state index in [-0.39, 0.29) is 11.8 Å². The highest BCUT2D eigenvalue weighted by Crippen LogP contribution is 2.25. The maximum atomic E-state index is 12.6. The monoisotopic (exact) mass is 358 g/mol. The average Bonchev–Trinajstić information content (AvgIpc) is 2.43. The lowest BCUT2D eigenvalue weighted by atomic mass is 10.1. The Hall–Kier alpha value is -1.14. The number of ether oxygens (including phenoxy) is 1. The number of carbonyl (C=O) groups excluding carboxylic acids is 1. The van der Waals surface area contributed by atoms with Gasteiger partial charge in [-0.2, -0.15) is 0 Å². The van der Waals surface area contributed by atoms with Crippen molar-refractivity contribution in [1.82, 2.24) is 4.90 Å². The molecule has 0 radical (unpaired) electrons. The molecule has 6 heteroatoms. The average molecular weight is 359 g/mol. The highest BCUT2D eigenvalue weighted by molar-refractivity contribution is 9.10. The first kappa shape index (κ1) is 16.9. The Labute approximate surface area is 133 Å². The second-order valence-electron chi connectivity index (χ2n) is 4.49. The summed E-state index contributed by atoms with van der Waals surface area (Å²) < 4.78 is 6.13. The van der Waals surface area contributed by atoms with Crippen molar-refractivity contribution in [2.75, 3.05) is 20.2 Å². The molecule has 0 aromatic heterocycles. The van der Waals surface area contributed by atoms with Gasteiger partial charge in [0.1, 0.15) is 5.75 Å². The number of hydrogen-bond acceptors (Lipinski definition) is 3. The highest BCUT2D eigenvalue weighted by atomic mass is 79.9. The molecule has 4 nitrogen and oxygen atoms in total. The maximum absolute atomic E-state index is 12.6. The molecular formula is C14H19BrN2O2S. The molecule has 0 bridgehead atoms. The molecule has 0 saturated heterocycles. The minimum Gasteiger partial charge on any atom is -0.496 e. The van der Waals surface area contributed by atoms with Gasteiger partial charge in [-0.3, -0.25) is 4.79 Å². The van der Waals surface area contributed by atoms with Gasteiger partial charge in [-0.05, 0) is 25.1 Å². The summed E-state index contributed by atoms with van der Waals surface area (Å²) in [5.41, 5.74) is 6.15. The van der Waals surface area contributed by atoms with Crippen LogP contribution < -0.4 is 10.5 Å². The summed E-state index contributed by atoms with van der Waals surface area (Å²) in [7, 11) is 1.55. The standard InChI is InChI=1S/C14H19BrN2O2S/c1-4-17(8-9(2)13(16)20)14(18)11-6-5-10(15)7-12(11)19-3/h5-7,9H,4,8H2,1-3H3,(H2,16,20). The number of nitrogens with two attached hydrogens (primary N) is 1. The van der Waals surface area contributed by atoms with E-state index >= 15 is 0 Å². The van der Waals surface area contributed by atoms with Gasteiger partial charge in [0.25, 0.3) is 5.91 Å². The van der Waals surface area contributed by atoms with Crippen molar-refractivity contribution >= 4 is 39.0 Å². The van der Waals surface area contributed by atoms with E-state index in [4.69, 9.17) is 22.7 Å². The summed E-state index contributed by atoms with van der Waals surface area (Å²) in [6, 6.07) is 5.35. The van der Waals surface area contributed by atoms with Gasteiger partial charge in [0.2, 0.25) is 0 Å². The number of hydrogen-bond donors (Lipinski definition) is 1. The molecule has 1 atom stereocenters. The lowest BCUT2D eigenvalue weighted by molar-refractivity contribution is 0.0751. The molecule has 2 N–H and O–H groups in total. The molecule has 0 aliphatic rings. The van der Waals surface area contributed by atoms with Crippen LogP contribution in [0.3, 0.4) is 0 Å². The minimum atomic E-state index is -0.0834. The molecule has 110 valence electrons. The summed E-state index contributed by atoms with van der Waals surface area (Å²) in [5.74, 6) is 0.445. The number of carbonyl (C=O) groups is 1. The van der Waals surface area contributed by atoms with Crippen molar-refractivity contribution in [3.63, 3.8) is 0 Å². The Morgan fingerprint density at radius 1 is 1.55 bits per heavy atom. The van der Waals surface area contributed by atoms with Crippen LogP contribution in [0.1, 0.15) is 24.2 Å². The Bertz CT molecular complexity index is 508. The van der Waals surface area contributed by atoms with E-state index in [9.17, 15) is 4.79 Å². The second kappa shape index (κ2) is 7.59. The van der Waals surface area contributed by atoms with Crippen LogP contribution in [0.5, 0.6) is 5.75 Å². The first-order valence-electron chi connectivity index (χ1n) is 6.32. The molecule has 20 heavy (non-hydrogen) atoms. The quantitative estimate of drug-likeness (QED) is 0.794. The molecule has 0 spiro atoms. The zero-order valence-electron chi connectivity index (χ0n) is 11.9. The summed E-state index contributed by atoms with van der Waals surface area (Å²) >= 11 is 8.32. The smallest absolute Gasteiger partial charge is 0.257 e. The van der Waals surface area contributed by atoms with Gasteiger partial charge in [-0.1, -0.05) is 35.1 Å². The fourth-order valence-corrected chi connectivity index (χ4v) is 2.20. The predicted molar refractivity (Wildman–Crippen MR) is 88.2 cm³/mol. The van der Waals surface area contributed by atoms with Crippen LogP contribution in [-0.2, 0) is 0 Å². The van der Waals surface area contributed by atoms with E-state index in [0.29, 0.717) is 29.4 Å². The lowest BCUT2D eigenvalue weighted by Gasteiger charge is -2.25. The van der Waals surface area contributed by atoms with Crippen LogP contribution in [0.2, 0.25) is 0 Å². The fourth-order valence-electron chi connectivity index (χ4n) is 1.79. The SMILES string of the molecule is CCN(CC(C)C(N)=S)C(=O)c1ccc(Br)cc1OC. The number of benzene rings is 1. The fraction of sp³-hybridized carbons (Fsp3) is 0.429. The molecule has 0 heterocycles. The predicted octanol–water partition coefficient (Wildman–Crippen LogP) is 2.84. The third-order valence-corrected chi connectivity index (χ3v) is 3.94. The van der Waals surface area contributed by atoms with Crippen LogP contribution in [0.4, 0.5) is 0 Å². The number of methoxy groups -OCH3 is 1. The molecule has 0 aliphatic carbocycles. The van der Waals surface area contributed by atoms with Gasteiger partial charge >= 0.3 is 0 Å². The summed E-state index contributed by atoms with van der Waals surface area (Å²) in [6.07, 6.45) is 0. The molecule has 1 aromatic rings. The zero-order chi connectivity index (χ0) is 15.3. The van der Waals surface area contributed by atoms with Crippen LogP contribution in [-0.4, -0.2) is 36.0 Å². The highest BCUT2D eigenvalue weighted by Gasteiger charge is 2.21. The van der Waals surface area contributed by atoms with E-state index in [1.54, 1.807) is 24.1 Å². The largest absolute Gasteiger partial charge is 0.496 e. The van der Waals surface area contributed by atoms with E-state index < -0.39 is 0 Å². The number of rotatable bonds is 6. The van der Waals surface area contributed by atoms with Gasteiger partial charge in [0, 0.05) is 23.5 Å². The lowest BCUT2D eigenvalue weighted by Crippen LogP contribution is -2.38. The molecule has 0 fully saturated rings. The van der Waals surface area contributed by atoms with Crippen LogP contribution in [0.25, 0.3) is 0 Å². The van der Waals surface area contributed by atoms with Crippen molar-refractivity contribution < 1.29 is 9.53 Å². The van der Waals surface area contributed by atoms with Crippen molar-refractivity contribution in [2.24, 2.45) is 11.7 Å². The second-order valence-corrected chi connectivity index (χ2v) is 5.88. The molecule has 0 aliphatic heterocycles. The summed E-state index contributed by atoms with van der Waals surface area (Å²) in [6.45, 7) is 4.93. The number of nitrogens with zero attached hydrogens (tertiary/aromatic N) is 1. The third-order valence-electron chi connectivity index (χ3n) is 3.04. The van der Waals surface area contributed by atoms with Crippen molar-refractivity contribution in [2.45, 2.75) is 13.8 Å². The molecule has 1 unspecified atom stereocenters. The van der Waals surface area contributed by atoms with Gasteiger partial charge in [-0.25, -0.2) is 0 Å². The van der Waals surface area contributed by atoms with E-state index in [2.05, 4.69) is 15.9 Å². The first-order valence-corrected chi connectivity index (χ1v) is 7.53. The Morgan fingerprint density at radius 3 is 2.70 bits per heavy atom. The molecule has 1 rings (SSSR count). The molecule has 1 amide bonds. The number of halogens is 1. The topological polar surface area (TPSA) is 55.6 Å².